The molecule has 2 aromatic heterocycles. The van der Waals surface area contributed by atoms with Crippen LogP contribution >= 0.6 is 15.9 Å². The largest absolute Gasteiger partial charge is 0.390 e. The molecule has 24 heavy (non-hydrogen) atoms. The van der Waals surface area contributed by atoms with E-state index in [-0.39, 0.29) is 24.2 Å². The minimum atomic E-state index is -0.546. The Hall–Kier alpha value is -2.23. The molecule has 2 rings (SSSR count). The summed E-state index contributed by atoms with van der Waals surface area (Å²) >= 11 is 3.41. The monoisotopic (exact) mass is 398 g/mol. The number of hydrogen-bond acceptors (Lipinski definition) is 5. The van der Waals surface area contributed by atoms with Crippen molar-refractivity contribution in [1.82, 2.24) is 24.9 Å². The maximum Gasteiger partial charge on any atom is 0.390 e. The van der Waals surface area contributed by atoms with Crippen LogP contribution in [-0.4, -0.2) is 30.4 Å². The number of nitrogens with one attached hydrogen (secondary N) is 1. The highest BCUT2D eigenvalue weighted by molar-refractivity contribution is 9.10. The number of carbonyl (C=O) groups excluding carboxylic acids is 1. The molecule has 2 aromatic rings. The van der Waals surface area contributed by atoms with Crippen LogP contribution in [0.4, 0.5) is 5.82 Å². The Balaban J connectivity index is 1.94. The lowest BCUT2D eigenvalue weighted by atomic mass is 10.1. The maximum absolute atomic E-state index is 12.2. The fraction of sp³-hybridized carbons (Fsp3) is 0.500. The van der Waals surface area contributed by atoms with Crippen molar-refractivity contribution in [3.05, 3.63) is 38.2 Å². The summed E-state index contributed by atoms with van der Waals surface area (Å²) in [6, 6.07) is 1.39. The van der Waals surface area contributed by atoms with E-state index in [1.54, 1.807) is 18.5 Å². The van der Waals surface area contributed by atoms with Gasteiger partial charge in [0.25, 0.3) is 0 Å². The Bertz CT molecular complexity index is 754. The van der Waals surface area contributed by atoms with E-state index in [2.05, 4.69) is 31.4 Å². The molecule has 0 aliphatic carbocycles. The minimum absolute atomic E-state index is 0.162. The molecule has 0 aromatic carbocycles. The molecular weight excluding hydrogens is 380 g/mol. The summed E-state index contributed by atoms with van der Waals surface area (Å²) in [6.45, 7) is 6.79. The molecule has 1 amide bonds. The number of carbonyl (C=O) groups is 1. The van der Waals surface area contributed by atoms with Crippen molar-refractivity contribution in [2.75, 3.05) is 0 Å². The number of rotatable bonds is 7. The van der Waals surface area contributed by atoms with Crippen LogP contribution in [0, 0.1) is 23.0 Å². The quantitative estimate of drug-likeness (QED) is 0.566. The van der Waals surface area contributed by atoms with Crippen LogP contribution in [0.25, 0.3) is 0 Å². The highest BCUT2D eigenvalue weighted by Gasteiger charge is 2.21. The molecule has 0 fully saturated rings. The van der Waals surface area contributed by atoms with E-state index >= 15 is 0 Å². The fourth-order valence-corrected chi connectivity index (χ4v) is 2.63. The van der Waals surface area contributed by atoms with Crippen LogP contribution in [0.5, 0.6) is 0 Å². The van der Waals surface area contributed by atoms with E-state index in [4.69, 9.17) is 0 Å². The predicted molar refractivity (Wildman–Crippen MR) is 90.2 cm³/mol. The first-order valence-electron chi connectivity index (χ1n) is 7.50. The summed E-state index contributed by atoms with van der Waals surface area (Å²) in [4.78, 5) is 22.4. The fourth-order valence-electron chi connectivity index (χ4n) is 2.17. The van der Waals surface area contributed by atoms with Crippen molar-refractivity contribution in [2.24, 2.45) is 5.92 Å². The van der Waals surface area contributed by atoms with Gasteiger partial charge >= 0.3 is 5.82 Å². The van der Waals surface area contributed by atoms with Gasteiger partial charge in [0.2, 0.25) is 5.91 Å². The Morgan fingerprint density at radius 3 is 2.75 bits per heavy atom. The summed E-state index contributed by atoms with van der Waals surface area (Å²) in [6.07, 6.45) is 1.86. The van der Waals surface area contributed by atoms with Gasteiger partial charge in [0.05, 0.1) is 46.0 Å². The Morgan fingerprint density at radius 2 is 2.21 bits per heavy atom. The molecular formula is C14H19BrN6O3. The third-order valence-electron chi connectivity index (χ3n) is 3.59. The van der Waals surface area contributed by atoms with Gasteiger partial charge in [-0.2, -0.15) is 9.78 Å². The second kappa shape index (κ2) is 7.56. The molecule has 130 valence electrons. The van der Waals surface area contributed by atoms with Gasteiger partial charge in [-0.1, -0.05) is 6.92 Å². The highest BCUT2D eigenvalue weighted by Crippen LogP contribution is 2.15. The van der Waals surface area contributed by atoms with Crippen molar-refractivity contribution in [2.45, 2.75) is 40.4 Å². The van der Waals surface area contributed by atoms with Crippen molar-refractivity contribution in [1.29, 1.82) is 0 Å². The average Bonchev–Trinajstić information content (AvgIpc) is 3.08. The number of halogens is 1. The molecule has 2 heterocycles. The summed E-state index contributed by atoms with van der Waals surface area (Å²) in [5.41, 5.74) is 1.40. The Morgan fingerprint density at radius 1 is 1.50 bits per heavy atom. The molecule has 10 heteroatoms. The number of nitro groups is 1. The van der Waals surface area contributed by atoms with Crippen molar-refractivity contribution < 1.29 is 9.72 Å². The topological polar surface area (TPSA) is 108 Å². The van der Waals surface area contributed by atoms with Crippen LogP contribution in [-0.2, 0) is 24.4 Å². The molecule has 0 spiro atoms. The van der Waals surface area contributed by atoms with E-state index in [1.807, 2.05) is 13.1 Å². The summed E-state index contributed by atoms with van der Waals surface area (Å²) in [5.74, 6) is -0.755. The number of nitrogens with zero attached hydrogens (tertiary/aromatic N) is 5. The van der Waals surface area contributed by atoms with E-state index < -0.39 is 4.92 Å². The van der Waals surface area contributed by atoms with Gasteiger partial charge in [0.1, 0.15) is 0 Å². The number of hydrogen-bond donors (Lipinski definition) is 1. The van der Waals surface area contributed by atoms with Crippen molar-refractivity contribution >= 4 is 27.7 Å². The molecule has 0 aliphatic rings. The summed E-state index contributed by atoms with van der Waals surface area (Å²) < 4.78 is 4.10. The zero-order chi connectivity index (χ0) is 17.9. The predicted octanol–water partition coefficient (Wildman–Crippen LogP) is 2.03. The first-order valence-corrected chi connectivity index (χ1v) is 8.29. The van der Waals surface area contributed by atoms with Gasteiger partial charge in [0, 0.05) is 12.7 Å². The Kier molecular flexibility index (Phi) is 5.71. The van der Waals surface area contributed by atoms with Gasteiger partial charge in [-0.3, -0.25) is 9.48 Å². The Labute approximate surface area is 147 Å². The molecule has 1 atom stereocenters. The third kappa shape index (κ3) is 4.19. The van der Waals surface area contributed by atoms with Crippen LogP contribution in [0.3, 0.4) is 0 Å². The van der Waals surface area contributed by atoms with E-state index in [1.165, 1.54) is 10.7 Å². The minimum Gasteiger partial charge on any atom is -0.358 e. The highest BCUT2D eigenvalue weighted by atomic mass is 79.9. The lowest BCUT2D eigenvalue weighted by Gasteiger charge is -2.11. The van der Waals surface area contributed by atoms with Gasteiger partial charge in [-0.15, -0.1) is 0 Å². The van der Waals surface area contributed by atoms with Gasteiger partial charge < -0.3 is 15.4 Å². The summed E-state index contributed by atoms with van der Waals surface area (Å²) in [7, 11) is 0. The number of aromatic nitrogens is 4. The molecule has 0 aliphatic heterocycles. The maximum atomic E-state index is 12.2. The lowest BCUT2D eigenvalue weighted by Crippen LogP contribution is -2.31. The van der Waals surface area contributed by atoms with E-state index in [0.29, 0.717) is 12.2 Å². The zero-order valence-corrected chi connectivity index (χ0v) is 15.3. The molecule has 9 nitrogen and oxygen atoms in total. The molecule has 1 N–H and O–H groups in total. The number of aryl methyl sites for hydroxylation is 2. The smallest absolute Gasteiger partial charge is 0.358 e. The first kappa shape index (κ1) is 18.1. The molecule has 1 unspecified atom stereocenters. The third-order valence-corrected chi connectivity index (χ3v) is 4.25. The average molecular weight is 399 g/mol. The first-order chi connectivity index (χ1) is 11.3. The van der Waals surface area contributed by atoms with Crippen LogP contribution in [0.1, 0.15) is 25.2 Å². The van der Waals surface area contributed by atoms with E-state index in [9.17, 15) is 14.9 Å². The van der Waals surface area contributed by atoms with Crippen LogP contribution in [0.2, 0.25) is 0 Å². The van der Waals surface area contributed by atoms with Crippen molar-refractivity contribution in [3.63, 3.8) is 0 Å². The molecule has 0 bridgehead atoms. The summed E-state index contributed by atoms with van der Waals surface area (Å²) in [5, 5.41) is 21.8. The molecule has 0 saturated carbocycles. The normalized spacial score (nSPS) is 12.2. The van der Waals surface area contributed by atoms with Gasteiger partial charge in [-0.25, -0.2) is 0 Å². The van der Waals surface area contributed by atoms with E-state index in [0.717, 1.165) is 16.7 Å². The number of amides is 1. The van der Waals surface area contributed by atoms with Crippen LogP contribution in [0.15, 0.2) is 16.7 Å². The van der Waals surface area contributed by atoms with Gasteiger partial charge in [0.15, 0.2) is 0 Å². The SMILES string of the molecule is CCn1cc(Br)c(CNC(=O)C(C)Cn2nc([N+](=O)[O-])cc2C)n1. The zero-order valence-electron chi connectivity index (χ0n) is 13.7. The van der Waals surface area contributed by atoms with Gasteiger partial charge in [-0.05, 0) is 34.7 Å². The molecule has 0 radical (unpaired) electrons. The van der Waals surface area contributed by atoms with Crippen LogP contribution < -0.4 is 5.32 Å². The molecule has 0 saturated heterocycles. The second-order valence-corrected chi connectivity index (χ2v) is 6.34. The second-order valence-electron chi connectivity index (χ2n) is 5.48. The standard InChI is InChI=1S/C14H19BrN6O3/c1-4-19-8-11(15)12(17-19)6-16-14(22)9(2)7-20-10(3)5-13(18-20)21(23)24/h5,8-9H,4,6-7H2,1-3H3,(H,16,22). The van der Waals surface area contributed by atoms with Crippen molar-refractivity contribution in [3.8, 4) is 0 Å². The lowest BCUT2D eigenvalue weighted by molar-refractivity contribution is -0.389.